The summed E-state index contributed by atoms with van der Waals surface area (Å²) in [6.07, 6.45) is 0. The molecule has 0 radical (unpaired) electrons. The Bertz CT molecular complexity index is 908. The van der Waals surface area contributed by atoms with Gasteiger partial charge in [-0.15, -0.1) is 0 Å². The predicted molar refractivity (Wildman–Crippen MR) is 86.5 cm³/mol. The summed E-state index contributed by atoms with van der Waals surface area (Å²) in [6, 6.07) is 11.4. The van der Waals surface area contributed by atoms with E-state index in [4.69, 9.17) is 14.0 Å². The number of methoxy groups -OCH3 is 1. The highest BCUT2D eigenvalue weighted by molar-refractivity contribution is 5.89. The van der Waals surface area contributed by atoms with Gasteiger partial charge in [-0.3, -0.25) is 0 Å². The summed E-state index contributed by atoms with van der Waals surface area (Å²) in [7, 11) is 1.35. The zero-order valence-corrected chi connectivity index (χ0v) is 13.7. The largest absolute Gasteiger partial charge is 0.494 e. The van der Waals surface area contributed by atoms with Crippen LogP contribution < -0.4 is 4.74 Å². The molecule has 0 amide bonds. The molecule has 0 unspecified atom stereocenters. The quantitative estimate of drug-likeness (QED) is 0.660. The van der Waals surface area contributed by atoms with Crippen LogP contribution in [0.2, 0.25) is 0 Å². The van der Waals surface area contributed by atoms with Gasteiger partial charge in [0.2, 0.25) is 5.82 Å². The highest BCUT2D eigenvalue weighted by Gasteiger charge is 2.15. The number of hydrogen-bond donors (Lipinski definition) is 0. The van der Waals surface area contributed by atoms with Crippen LogP contribution >= 0.6 is 0 Å². The van der Waals surface area contributed by atoms with Crippen LogP contribution in [0.5, 0.6) is 5.75 Å². The summed E-state index contributed by atoms with van der Waals surface area (Å²) in [5, 5.41) is 3.88. The monoisotopic (exact) mass is 342 g/mol. The Morgan fingerprint density at radius 2 is 2.04 bits per heavy atom. The van der Waals surface area contributed by atoms with Gasteiger partial charge in [-0.25, -0.2) is 9.18 Å². The molecule has 6 nitrogen and oxygen atoms in total. The number of aromatic nitrogens is 2. The summed E-state index contributed by atoms with van der Waals surface area (Å²) < 4.78 is 28.6. The Balaban J connectivity index is 1.67. The van der Waals surface area contributed by atoms with Gasteiger partial charge < -0.3 is 14.0 Å². The fraction of sp³-hybridized carbons (Fsp3) is 0.167. The molecule has 7 heteroatoms. The molecule has 3 aromatic rings. The van der Waals surface area contributed by atoms with Crippen molar-refractivity contribution in [1.29, 1.82) is 0 Å². The Morgan fingerprint density at radius 1 is 1.24 bits per heavy atom. The highest BCUT2D eigenvalue weighted by atomic mass is 19.1. The lowest BCUT2D eigenvalue weighted by Gasteiger charge is -2.04. The van der Waals surface area contributed by atoms with Crippen molar-refractivity contribution in [3.05, 3.63) is 65.3 Å². The van der Waals surface area contributed by atoms with Crippen LogP contribution in [0.25, 0.3) is 11.4 Å². The first-order chi connectivity index (χ1) is 12.1. The lowest BCUT2D eigenvalue weighted by atomic mass is 10.1. The van der Waals surface area contributed by atoms with E-state index in [-0.39, 0.29) is 23.8 Å². The van der Waals surface area contributed by atoms with Gasteiger partial charge >= 0.3 is 5.97 Å². The van der Waals surface area contributed by atoms with E-state index in [9.17, 15) is 9.18 Å². The number of rotatable bonds is 5. The van der Waals surface area contributed by atoms with Crippen LogP contribution in [0.1, 0.15) is 21.8 Å². The first kappa shape index (κ1) is 16.6. The number of esters is 1. The van der Waals surface area contributed by atoms with Gasteiger partial charge in [-0.2, -0.15) is 4.98 Å². The van der Waals surface area contributed by atoms with Gasteiger partial charge in [0.25, 0.3) is 5.89 Å². The predicted octanol–water partition coefficient (Wildman–Crippen LogP) is 3.55. The third-order valence-corrected chi connectivity index (χ3v) is 3.57. The molecule has 2 aromatic carbocycles. The van der Waals surface area contributed by atoms with Crippen molar-refractivity contribution in [2.75, 3.05) is 7.11 Å². The van der Waals surface area contributed by atoms with Gasteiger partial charge in [0.1, 0.15) is 0 Å². The highest BCUT2D eigenvalue weighted by Crippen LogP contribution is 2.21. The normalized spacial score (nSPS) is 10.5. The third-order valence-electron chi connectivity index (χ3n) is 3.57. The summed E-state index contributed by atoms with van der Waals surface area (Å²) in [4.78, 5) is 16.2. The molecule has 0 saturated heterocycles. The molecule has 0 atom stereocenters. The molecule has 0 N–H and O–H groups in total. The van der Waals surface area contributed by atoms with Crippen LogP contribution in [-0.2, 0) is 11.3 Å². The van der Waals surface area contributed by atoms with E-state index in [1.54, 1.807) is 0 Å². The van der Waals surface area contributed by atoms with Crippen LogP contribution in [0.15, 0.2) is 47.0 Å². The van der Waals surface area contributed by atoms with E-state index < -0.39 is 11.8 Å². The number of aryl methyl sites for hydroxylation is 1. The van der Waals surface area contributed by atoms with E-state index in [1.165, 1.54) is 19.2 Å². The molecule has 25 heavy (non-hydrogen) atoms. The molecule has 0 aliphatic heterocycles. The number of ether oxygens (including phenoxy) is 2. The number of benzene rings is 2. The molecule has 0 fully saturated rings. The fourth-order valence-corrected chi connectivity index (χ4v) is 2.25. The molecule has 3 rings (SSSR count). The lowest BCUT2D eigenvalue weighted by molar-refractivity contribution is 0.0429. The summed E-state index contributed by atoms with van der Waals surface area (Å²) in [6.45, 7) is 1.73. The fourth-order valence-electron chi connectivity index (χ4n) is 2.25. The van der Waals surface area contributed by atoms with Gasteiger partial charge in [0.15, 0.2) is 18.2 Å². The SMILES string of the molecule is COc1ccc(C(=O)OCc2nc(-c3ccccc3C)no2)cc1F. The first-order valence-corrected chi connectivity index (χ1v) is 7.47. The van der Waals surface area contributed by atoms with Crippen LogP contribution in [-0.4, -0.2) is 23.2 Å². The third kappa shape index (κ3) is 3.65. The number of nitrogens with zero attached hydrogens (tertiary/aromatic N) is 2. The second-order valence-corrected chi connectivity index (χ2v) is 5.25. The zero-order chi connectivity index (χ0) is 17.8. The molecular formula is C18H15FN2O4. The summed E-state index contributed by atoms with van der Waals surface area (Å²) >= 11 is 0. The minimum absolute atomic E-state index is 0.0522. The number of halogens is 1. The Hall–Kier alpha value is -3.22. The van der Waals surface area contributed by atoms with Crippen molar-refractivity contribution < 1.29 is 23.2 Å². The molecule has 0 spiro atoms. The molecule has 0 aliphatic carbocycles. The van der Waals surface area contributed by atoms with Crippen molar-refractivity contribution in [3.8, 4) is 17.1 Å². The minimum Gasteiger partial charge on any atom is -0.494 e. The van der Waals surface area contributed by atoms with Gasteiger partial charge in [0.05, 0.1) is 12.7 Å². The maximum absolute atomic E-state index is 13.6. The van der Waals surface area contributed by atoms with E-state index >= 15 is 0 Å². The number of carbonyl (C=O) groups excluding carboxylic acids is 1. The van der Waals surface area contributed by atoms with Gasteiger partial charge in [0, 0.05) is 5.56 Å². The number of carbonyl (C=O) groups is 1. The van der Waals surface area contributed by atoms with Crippen molar-refractivity contribution >= 4 is 5.97 Å². The van der Waals surface area contributed by atoms with Crippen molar-refractivity contribution in [2.24, 2.45) is 0 Å². The Morgan fingerprint density at radius 3 is 2.76 bits per heavy atom. The first-order valence-electron chi connectivity index (χ1n) is 7.47. The van der Waals surface area contributed by atoms with E-state index in [2.05, 4.69) is 10.1 Å². The maximum atomic E-state index is 13.6. The topological polar surface area (TPSA) is 74.5 Å². The minimum atomic E-state index is -0.697. The van der Waals surface area contributed by atoms with Gasteiger partial charge in [-0.1, -0.05) is 29.4 Å². The summed E-state index contributed by atoms with van der Waals surface area (Å²) in [5.41, 5.74) is 1.90. The standard InChI is InChI=1S/C18H15FN2O4/c1-11-5-3-4-6-13(11)17-20-16(25-21-17)10-24-18(22)12-7-8-15(23-2)14(19)9-12/h3-9H,10H2,1-2H3. The van der Waals surface area contributed by atoms with Gasteiger partial charge in [-0.05, 0) is 30.7 Å². The molecule has 0 bridgehead atoms. The van der Waals surface area contributed by atoms with Crippen molar-refractivity contribution in [1.82, 2.24) is 10.1 Å². The molecule has 1 heterocycles. The molecule has 0 aliphatic rings. The lowest BCUT2D eigenvalue weighted by Crippen LogP contribution is -2.06. The molecule has 1 aromatic heterocycles. The average molecular weight is 342 g/mol. The Kier molecular flexibility index (Phi) is 4.74. The van der Waals surface area contributed by atoms with Crippen LogP contribution in [0, 0.1) is 12.7 Å². The second-order valence-electron chi connectivity index (χ2n) is 5.25. The van der Waals surface area contributed by atoms with Crippen molar-refractivity contribution in [3.63, 3.8) is 0 Å². The van der Waals surface area contributed by atoms with Crippen molar-refractivity contribution in [2.45, 2.75) is 13.5 Å². The Labute approximate surface area is 143 Å². The van der Waals surface area contributed by atoms with E-state index in [0.717, 1.165) is 17.2 Å². The second kappa shape index (κ2) is 7.12. The average Bonchev–Trinajstić information content (AvgIpc) is 3.08. The molecule has 128 valence electrons. The molecular weight excluding hydrogens is 327 g/mol. The van der Waals surface area contributed by atoms with E-state index in [1.807, 2.05) is 31.2 Å². The molecule has 0 saturated carbocycles. The smallest absolute Gasteiger partial charge is 0.338 e. The van der Waals surface area contributed by atoms with Crippen LogP contribution in [0.4, 0.5) is 4.39 Å². The van der Waals surface area contributed by atoms with E-state index in [0.29, 0.717) is 5.82 Å². The zero-order valence-electron chi connectivity index (χ0n) is 13.7. The van der Waals surface area contributed by atoms with Crippen LogP contribution in [0.3, 0.4) is 0 Å². The number of hydrogen-bond acceptors (Lipinski definition) is 6. The maximum Gasteiger partial charge on any atom is 0.338 e. The summed E-state index contributed by atoms with van der Waals surface area (Å²) in [5.74, 6) is -0.717.